The van der Waals surface area contributed by atoms with Crippen molar-refractivity contribution in [2.24, 2.45) is 7.05 Å². The lowest BCUT2D eigenvalue weighted by molar-refractivity contribution is -0.653. The quantitative estimate of drug-likeness (QED) is 0.591. The number of fused-ring (bicyclic) bond motifs is 2. The van der Waals surface area contributed by atoms with Crippen molar-refractivity contribution < 1.29 is 4.57 Å². The Morgan fingerprint density at radius 1 is 1.00 bits per heavy atom. The molecule has 2 saturated heterocycles. The fraction of sp³-hybridized carbons (Fsp3) is 0.500. The first-order chi connectivity index (χ1) is 10.3. The van der Waals surface area contributed by atoms with Crippen LogP contribution < -0.4 is 10.3 Å². The van der Waals surface area contributed by atoms with Crippen LogP contribution in [0.3, 0.4) is 0 Å². The van der Waals surface area contributed by atoms with E-state index in [1.165, 1.54) is 44.2 Å². The second-order valence-corrected chi connectivity index (χ2v) is 7.27. The van der Waals surface area contributed by atoms with Gasteiger partial charge >= 0.3 is 0 Å². The third-order valence-corrected chi connectivity index (χ3v) is 6.22. The molecule has 0 aliphatic carbocycles. The number of benzene rings is 1. The van der Waals surface area contributed by atoms with Gasteiger partial charge in [-0.1, -0.05) is 56.7 Å². The van der Waals surface area contributed by atoms with Crippen LogP contribution in [-0.4, -0.2) is 11.3 Å². The Hall–Kier alpha value is -1.51. The zero-order valence-electron chi connectivity index (χ0n) is 13.0. The van der Waals surface area contributed by atoms with Crippen molar-refractivity contribution >= 4 is 12.4 Å². The van der Waals surface area contributed by atoms with E-state index in [4.69, 9.17) is 0 Å². The molecular formula is C18H25BN2. The number of hydrogen-bond acceptors (Lipinski definition) is 0. The van der Waals surface area contributed by atoms with Crippen molar-refractivity contribution in [2.75, 3.05) is 0 Å². The van der Waals surface area contributed by atoms with Crippen molar-refractivity contribution in [2.45, 2.75) is 50.2 Å². The lowest BCUT2D eigenvalue weighted by atomic mass is 9.26. The van der Waals surface area contributed by atoms with Gasteiger partial charge in [0.05, 0.1) is 12.8 Å². The molecule has 2 bridgehead atoms. The maximum absolute atomic E-state index is 2.47. The lowest BCUT2D eigenvalue weighted by Crippen LogP contribution is -2.60. The van der Waals surface area contributed by atoms with Gasteiger partial charge in [-0.05, 0) is 12.1 Å². The highest BCUT2D eigenvalue weighted by Gasteiger charge is 2.37. The predicted molar refractivity (Wildman–Crippen MR) is 88.9 cm³/mol. The molecule has 0 atom stereocenters. The molecule has 1 aromatic heterocycles. The minimum atomic E-state index is -0.225. The number of rotatable bonds is 2. The Balaban J connectivity index is 1.80. The highest BCUT2D eigenvalue weighted by atomic mass is 15.1. The Bertz CT molecular complexity index is 597. The standard InChI is InChI=1S/C18H25BN2/c1-20-13-14-21(17-11-3-2-4-12-17)18(20)19-15-7-5-8-16(19)10-6-9-15/h2-4,11-16,19H,5-10H2,1H3. The van der Waals surface area contributed by atoms with E-state index in [0.717, 1.165) is 11.6 Å². The Labute approximate surface area is 127 Å². The van der Waals surface area contributed by atoms with Crippen LogP contribution in [0.15, 0.2) is 42.7 Å². The monoisotopic (exact) mass is 280 g/mol. The lowest BCUT2D eigenvalue weighted by Gasteiger charge is -2.46. The van der Waals surface area contributed by atoms with Crippen molar-refractivity contribution in [1.29, 1.82) is 0 Å². The molecule has 1 aromatic carbocycles. The molecule has 0 radical (unpaired) electrons. The Morgan fingerprint density at radius 2 is 1.62 bits per heavy atom. The van der Waals surface area contributed by atoms with Crippen LogP contribution in [-0.2, 0) is 7.05 Å². The van der Waals surface area contributed by atoms with Crippen LogP contribution in [0.4, 0.5) is 0 Å². The van der Waals surface area contributed by atoms with Crippen LogP contribution >= 0.6 is 0 Å². The molecule has 110 valence electrons. The molecule has 3 heteroatoms. The van der Waals surface area contributed by atoms with Crippen LogP contribution in [0.25, 0.3) is 5.69 Å². The highest BCUT2D eigenvalue weighted by molar-refractivity contribution is 6.74. The van der Waals surface area contributed by atoms with E-state index in [9.17, 15) is 0 Å². The van der Waals surface area contributed by atoms with E-state index in [0.29, 0.717) is 0 Å². The normalized spacial score (nSPS) is 28.5. The van der Waals surface area contributed by atoms with E-state index < -0.39 is 0 Å². The molecule has 0 unspecified atom stereocenters. The SMILES string of the molecule is C[n+]1ccn(-c2ccccc2)c1[BH-]1C2CCCC1CCC2. The fourth-order valence-corrected chi connectivity index (χ4v) is 5.36. The summed E-state index contributed by atoms with van der Waals surface area (Å²) < 4.78 is 4.88. The summed E-state index contributed by atoms with van der Waals surface area (Å²) in [6.07, 6.45) is 13.3. The van der Waals surface area contributed by atoms with Gasteiger partial charge in [0.15, 0.2) is 0 Å². The largest absolute Gasteiger partial charge is 0.274 e. The second-order valence-electron chi connectivity index (χ2n) is 7.27. The number of aromatic nitrogens is 2. The maximum atomic E-state index is 2.47. The molecule has 0 saturated carbocycles. The summed E-state index contributed by atoms with van der Waals surface area (Å²) in [5, 5.41) is 0. The molecule has 0 N–H and O–H groups in total. The third-order valence-electron chi connectivity index (χ3n) is 6.22. The highest BCUT2D eigenvalue weighted by Crippen LogP contribution is 2.45. The third kappa shape index (κ3) is 2.23. The van der Waals surface area contributed by atoms with Gasteiger partial charge in [-0.25, -0.2) is 4.57 Å². The Kier molecular flexibility index (Phi) is 3.36. The first-order valence-corrected chi connectivity index (χ1v) is 8.68. The van der Waals surface area contributed by atoms with E-state index in [1.807, 2.05) is 0 Å². The molecule has 2 fully saturated rings. The maximum Gasteiger partial charge on any atom is 0.131 e. The minimum Gasteiger partial charge on any atom is -0.274 e. The average Bonchev–Trinajstić information content (AvgIpc) is 2.89. The first kappa shape index (κ1) is 13.2. The molecule has 2 aromatic rings. The zero-order chi connectivity index (χ0) is 14.2. The predicted octanol–water partition coefficient (Wildman–Crippen LogP) is 2.84. The summed E-state index contributed by atoms with van der Waals surface area (Å²) in [6, 6.07) is 10.9. The molecule has 21 heavy (non-hydrogen) atoms. The van der Waals surface area contributed by atoms with Gasteiger partial charge in [0.2, 0.25) is 0 Å². The number of aryl methyl sites for hydroxylation is 1. The molecule has 2 aliphatic rings. The van der Waals surface area contributed by atoms with Gasteiger partial charge in [-0.2, -0.15) is 11.6 Å². The van der Waals surface area contributed by atoms with E-state index in [2.05, 4.69) is 58.9 Å². The molecule has 4 rings (SSSR count). The molecule has 3 heterocycles. The molecule has 0 amide bonds. The van der Waals surface area contributed by atoms with Crippen LogP contribution in [0.5, 0.6) is 0 Å². The fourth-order valence-electron chi connectivity index (χ4n) is 5.36. The van der Waals surface area contributed by atoms with Crippen molar-refractivity contribution in [3.05, 3.63) is 42.7 Å². The van der Waals surface area contributed by atoms with Crippen molar-refractivity contribution in [3.63, 3.8) is 0 Å². The number of imidazole rings is 1. The summed E-state index contributed by atoms with van der Waals surface area (Å²) in [5.74, 6) is 1.97. The minimum absolute atomic E-state index is 0.225. The van der Waals surface area contributed by atoms with Gasteiger partial charge in [-0.15, -0.1) is 0 Å². The summed E-state index contributed by atoms with van der Waals surface area (Å²) in [5.41, 5.74) is 2.93. The van der Waals surface area contributed by atoms with Gasteiger partial charge < -0.3 is 0 Å². The van der Waals surface area contributed by atoms with Gasteiger partial charge in [0.1, 0.15) is 24.8 Å². The van der Waals surface area contributed by atoms with Crippen LogP contribution in [0, 0.1) is 0 Å². The second kappa shape index (κ2) is 5.36. The van der Waals surface area contributed by atoms with Crippen LogP contribution in [0.2, 0.25) is 11.6 Å². The summed E-state index contributed by atoms with van der Waals surface area (Å²) in [6.45, 7) is -0.225. The topological polar surface area (TPSA) is 8.81 Å². The van der Waals surface area contributed by atoms with Crippen molar-refractivity contribution in [3.8, 4) is 5.69 Å². The van der Waals surface area contributed by atoms with E-state index in [-0.39, 0.29) is 6.71 Å². The van der Waals surface area contributed by atoms with E-state index in [1.54, 1.807) is 5.72 Å². The van der Waals surface area contributed by atoms with Crippen molar-refractivity contribution in [1.82, 2.24) is 4.57 Å². The number of hydrogen-bond donors (Lipinski definition) is 0. The zero-order valence-corrected chi connectivity index (χ0v) is 13.0. The molecule has 2 aliphatic heterocycles. The first-order valence-electron chi connectivity index (χ1n) is 8.68. The number of para-hydroxylation sites is 1. The van der Waals surface area contributed by atoms with Gasteiger partial charge in [0.25, 0.3) is 0 Å². The molecule has 2 nitrogen and oxygen atoms in total. The van der Waals surface area contributed by atoms with E-state index >= 15 is 0 Å². The summed E-state index contributed by atoms with van der Waals surface area (Å²) >= 11 is 0. The summed E-state index contributed by atoms with van der Waals surface area (Å²) in [4.78, 5) is 0. The van der Waals surface area contributed by atoms with Gasteiger partial charge in [0, 0.05) is 0 Å². The molecule has 0 spiro atoms. The smallest absolute Gasteiger partial charge is 0.131 e. The number of nitrogens with zero attached hydrogens (tertiary/aromatic N) is 2. The summed E-state index contributed by atoms with van der Waals surface area (Å²) in [7, 11) is 2.24. The average molecular weight is 280 g/mol. The molecular weight excluding hydrogens is 255 g/mol. The van der Waals surface area contributed by atoms with Gasteiger partial charge in [-0.3, -0.25) is 4.57 Å². The Morgan fingerprint density at radius 3 is 2.24 bits per heavy atom. The van der Waals surface area contributed by atoms with Crippen LogP contribution in [0.1, 0.15) is 38.5 Å².